The monoisotopic (exact) mass is 293 g/mol. The number of urea groups is 1. The number of nitrogens with zero attached hydrogens (tertiary/aromatic N) is 3. The minimum atomic E-state index is -0.235. The third-order valence-corrected chi connectivity index (χ3v) is 4.34. The van der Waals surface area contributed by atoms with Gasteiger partial charge in [0, 0.05) is 19.6 Å². The fourth-order valence-corrected chi connectivity index (χ4v) is 2.73. The minimum Gasteiger partial charge on any atom is -0.377 e. The van der Waals surface area contributed by atoms with Crippen LogP contribution in [0.2, 0.25) is 0 Å². The molecule has 1 aliphatic carbocycles. The number of nitrogens with one attached hydrogen (secondary N) is 2. The Hall–Kier alpha value is -1.63. The summed E-state index contributed by atoms with van der Waals surface area (Å²) in [6, 6.07) is -0.0673. The second-order valence-corrected chi connectivity index (χ2v) is 6.25. The Morgan fingerprint density at radius 1 is 1.57 bits per heavy atom. The van der Waals surface area contributed by atoms with Crippen molar-refractivity contribution in [1.82, 2.24) is 25.4 Å². The summed E-state index contributed by atoms with van der Waals surface area (Å²) in [6.45, 7) is 3.83. The van der Waals surface area contributed by atoms with Gasteiger partial charge in [-0.25, -0.2) is 9.78 Å². The Kier molecular flexibility index (Phi) is 3.84. The summed E-state index contributed by atoms with van der Waals surface area (Å²) in [4.78, 5) is 18.4. The second kappa shape index (κ2) is 5.63. The van der Waals surface area contributed by atoms with Gasteiger partial charge in [0.15, 0.2) is 5.82 Å². The number of aromatic amines is 1. The van der Waals surface area contributed by atoms with Crippen LogP contribution in [-0.2, 0) is 11.3 Å². The van der Waals surface area contributed by atoms with E-state index in [1.54, 1.807) is 7.11 Å². The highest BCUT2D eigenvalue weighted by molar-refractivity contribution is 5.74. The normalized spacial score (nSPS) is 25.9. The molecular formula is C14H23N5O2. The van der Waals surface area contributed by atoms with Crippen molar-refractivity contribution in [1.29, 1.82) is 0 Å². The highest BCUT2D eigenvalue weighted by atomic mass is 16.5. The SMILES string of the molecule is COC1(C)CCCN(C(=O)NCc2nc(C3CC3)n[nH]2)C1. The molecule has 0 radical (unpaired) electrons. The van der Waals surface area contributed by atoms with Gasteiger partial charge in [0.25, 0.3) is 0 Å². The van der Waals surface area contributed by atoms with Gasteiger partial charge in [0.05, 0.1) is 18.7 Å². The molecule has 3 rings (SSSR count). The number of H-pyrrole nitrogens is 1. The maximum atomic E-state index is 12.2. The van der Waals surface area contributed by atoms with Crippen LogP contribution in [0.3, 0.4) is 0 Å². The van der Waals surface area contributed by atoms with Crippen molar-refractivity contribution >= 4 is 6.03 Å². The quantitative estimate of drug-likeness (QED) is 0.879. The molecule has 1 saturated carbocycles. The Morgan fingerprint density at radius 2 is 2.38 bits per heavy atom. The Labute approximate surface area is 124 Å². The number of hydrogen-bond donors (Lipinski definition) is 2. The van der Waals surface area contributed by atoms with Crippen molar-refractivity contribution in [2.24, 2.45) is 0 Å². The highest BCUT2D eigenvalue weighted by Gasteiger charge is 2.33. The lowest BCUT2D eigenvalue weighted by atomic mass is 9.95. The van der Waals surface area contributed by atoms with Gasteiger partial charge in [-0.15, -0.1) is 0 Å². The van der Waals surface area contributed by atoms with Gasteiger partial charge >= 0.3 is 6.03 Å². The molecule has 7 heteroatoms. The summed E-state index contributed by atoms with van der Waals surface area (Å²) in [5, 5.41) is 9.98. The molecule has 1 atom stereocenters. The van der Waals surface area contributed by atoms with E-state index in [2.05, 4.69) is 20.5 Å². The maximum absolute atomic E-state index is 12.2. The number of carbonyl (C=O) groups is 1. The predicted octanol–water partition coefficient (Wildman–Crippen LogP) is 1.39. The first kappa shape index (κ1) is 14.3. The Bertz CT molecular complexity index is 513. The molecule has 21 heavy (non-hydrogen) atoms. The number of amides is 2. The lowest BCUT2D eigenvalue weighted by Gasteiger charge is -2.39. The first-order chi connectivity index (χ1) is 10.1. The molecule has 1 aromatic rings. The van der Waals surface area contributed by atoms with Crippen molar-refractivity contribution in [3.05, 3.63) is 11.6 Å². The molecule has 2 fully saturated rings. The predicted molar refractivity (Wildman–Crippen MR) is 76.8 cm³/mol. The van der Waals surface area contributed by atoms with Crippen LogP contribution in [-0.4, -0.2) is 51.9 Å². The molecule has 0 aromatic carbocycles. The van der Waals surface area contributed by atoms with Crippen LogP contribution in [0.5, 0.6) is 0 Å². The van der Waals surface area contributed by atoms with Gasteiger partial charge in [-0.05, 0) is 32.6 Å². The van der Waals surface area contributed by atoms with Crippen molar-refractivity contribution in [2.45, 2.75) is 50.7 Å². The van der Waals surface area contributed by atoms with E-state index in [1.807, 2.05) is 11.8 Å². The standard InChI is InChI=1S/C14H23N5O2/c1-14(21-2)6-3-7-19(9-14)13(20)15-8-11-16-12(18-17-11)10-4-5-10/h10H,3-9H2,1-2H3,(H,15,20)(H,16,17,18). The smallest absolute Gasteiger partial charge is 0.317 e. The van der Waals surface area contributed by atoms with E-state index >= 15 is 0 Å². The third-order valence-electron chi connectivity index (χ3n) is 4.34. The van der Waals surface area contributed by atoms with E-state index in [9.17, 15) is 4.79 Å². The number of methoxy groups -OCH3 is 1. The number of hydrogen-bond acceptors (Lipinski definition) is 4. The lowest BCUT2D eigenvalue weighted by molar-refractivity contribution is -0.0401. The number of aromatic nitrogens is 3. The van der Waals surface area contributed by atoms with Crippen LogP contribution in [0, 0.1) is 0 Å². The molecule has 2 N–H and O–H groups in total. The molecule has 0 spiro atoms. The zero-order valence-corrected chi connectivity index (χ0v) is 12.7. The summed E-state index contributed by atoms with van der Waals surface area (Å²) in [6.07, 6.45) is 4.30. The van der Waals surface area contributed by atoms with E-state index < -0.39 is 0 Å². The van der Waals surface area contributed by atoms with Crippen LogP contribution in [0.4, 0.5) is 4.79 Å². The van der Waals surface area contributed by atoms with Gasteiger partial charge in [-0.3, -0.25) is 5.10 Å². The molecule has 1 unspecified atom stereocenters. The Balaban J connectivity index is 1.51. The number of rotatable bonds is 4. The average molecular weight is 293 g/mol. The van der Waals surface area contributed by atoms with Crippen molar-refractivity contribution < 1.29 is 9.53 Å². The van der Waals surface area contributed by atoms with Gasteiger partial charge in [-0.2, -0.15) is 5.10 Å². The fourth-order valence-electron chi connectivity index (χ4n) is 2.73. The van der Waals surface area contributed by atoms with Gasteiger partial charge < -0.3 is 15.0 Å². The Morgan fingerprint density at radius 3 is 3.10 bits per heavy atom. The zero-order valence-electron chi connectivity index (χ0n) is 12.7. The molecule has 7 nitrogen and oxygen atoms in total. The van der Waals surface area contributed by atoms with Crippen molar-refractivity contribution in [3.63, 3.8) is 0 Å². The minimum absolute atomic E-state index is 0.0673. The number of likely N-dealkylation sites (tertiary alicyclic amines) is 1. The molecule has 1 aliphatic heterocycles. The van der Waals surface area contributed by atoms with Crippen molar-refractivity contribution in [3.8, 4) is 0 Å². The van der Waals surface area contributed by atoms with Crippen LogP contribution in [0.25, 0.3) is 0 Å². The summed E-state index contributed by atoms with van der Waals surface area (Å²) in [5.74, 6) is 2.12. The molecule has 2 aliphatic rings. The van der Waals surface area contributed by atoms with Gasteiger partial charge in [0.1, 0.15) is 5.82 Å². The van der Waals surface area contributed by atoms with E-state index in [-0.39, 0.29) is 11.6 Å². The van der Waals surface area contributed by atoms with Gasteiger partial charge in [0.2, 0.25) is 0 Å². The van der Waals surface area contributed by atoms with E-state index in [1.165, 1.54) is 12.8 Å². The van der Waals surface area contributed by atoms with E-state index in [0.29, 0.717) is 19.0 Å². The number of piperidine rings is 1. The zero-order chi connectivity index (χ0) is 14.9. The topological polar surface area (TPSA) is 83.1 Å². The third kappa shape index (κ3) is 3.34. The molecular weight excluding hydrogens is 270 g/mol. The maximum Gasteiger partial charge on any atom is 0.317 e. The largest absolute Gasteiger partial charge is 0.377 e. The summed E-state index contributed by atoms with van der Waals surface area (Å²) in [5.41, 5.74) is -0.235. The first-order valence-electron chi connectivity index (χ1n) is 7.59. The first-order valence-corrected chi connectivity index (χ1v) is 7.59. The van der Waals surface area contributed by atoms with E-state index in [4.69, 9.17) is 4.74 Å². The fraction of sp³-hybridized carbons (Fsp3) is 0.786. The molecule has 2 heterocycles. The summed E-state index contributed by atoms with van der Waals surface area (Å²) in [7, 11) is 1.70. The molecule has 1 aromatic heterocycles. The average Bonchev–Trinajstić information content (AvgIpc) is 3.24. The van der Waals surface area contributed by atoms with Crippen LogP contribution < -0.4 is 5.32 Å². The van der Waals surface area contributed by atoms with Crippen LogP contribution in [0.1, 0.15) is 50.2 Å². The van der Waals surface area contributed by atoms with Crippen LogP contribution in [0.15, 0.2) is 0 Å². The molecule has 116 valence electrons. The number of carbonyl (C=O) groups excluding carboxylic acids is 1. The van der Waals surface area contributed by atoms with Crippen LogP contribution >= 0.6 is 0 Å². The second-order valence-electron chi connectivity index (χ2n) is 6.25. The number of ether oxygens (including phenoxy) is 1. The lowest BCUT2D eigenvalue weighted by Crippen LogP contribution is -2.52. The summed E-state index contributed by atoms with van der Waals surface area (Å²) < 4.78 is 5.51. The molecule has 0 bridgehead atoms. The highest BCUT2D eigenvalue weighted by Crippen LogP contribution is 2.37. The molecule has 1 saturated heterocycles. The molecule has 2 amide bonds. The summed E-state index contributed by atoms with van der Waals surface area (Å²) >= 11 is 0. The van der Waals surface area contributed by atoms with Crippen molar-refractivity contribution in [2.75, 3.05) is 20.2 Å². The van der Waals surface area contributed by atoms with E-state index in [0.717, 1.165) is 31.0 Å². The van der Waals surface area contributed by atoms with Gasteiger partial charge in [-0.1, -0.05) is 0 Å².